The van der Waals surface area contributed by atoms with Gasteiger partial charge in [0.2, 0.25) is 11.8 Å². The van der Waals surface area contributed by atoms with Crippen molar-refractivity contribution in [3.05, 3.63) is 29.3 Å². The van der Waals surface area contributed by atoms with Crippen LogP contribution < -0.4 is 4.90 Å². The number of carbonyl (C=O) groups excluding carboxylic acids is 2. The molecular weight excluding hydrogens is 340 g/mol. The second-order valence-corrected chi connectivity index (χ2v) is 7.56. The van der Waals surface area contributed by atoms with E-state index < -0.39 is 0 Å². The van der Waals surface area contributed by atoms with Gasteiger partial charge in [-0.25, -0.2) is 0 Å². The number of hydrogen-bond donors (Lipinski definition) is 0. The summed E-state index contributed by atoms with van der Waals surface area (Å²) in [6.45, 7) is 11.3. The van der Waals surface area contributed by atoms with Crippen molar-refractivity contribution >= 4 is 17.5 Å². The van der Waals surface area contributed by atoms with Gasteiger partial charge in [-0.2, -0.15) is 5.26 Å². The van der Waals surface area contributed by atoms with Crippen LogP contribution in [0.2, 0.25) is 0 Å². The minimum Gasteiger partial charge on any atom is -0.340 e. The van der Waals surface area contributed by atoms with Gasteiger partial charge in [0.1, 0.15) is 0 Å². The van der Waals surface area contributed by atoms with Gasteiger partial charge in [-0.15, -0.1) is 0 Å². The molecule has 0 radical (unpaired) electrons. The van der Waals surface area contributed by atoms with Crippen LogP contribution >= 0.6 is 0 Å². The monoisotopic (exact) mass is 370 g/mol. The van der Waals surface area contributed by atoms with Crippen LogP contribution in [0.4, 0.5) is 5.69 Å². The molecule has 1 aromatic carbocycles. The smallest absolute Gasteiger partial charge is 0.241 e. The van der Waals surface area contributed by atoms with Crippen LogP contribution in [0.25, 0.3) is 0 Å². The highest BCUT2D eigenvalue weighted by Crippen LogP contribution is 2.20. The second kappa shape index (κ2) is 9.52. The zero-order chi connectivity index (χ0) is 20.0. The molecule has 0 N–H and O–H groups in total. The van der Waals surface area contributed by atoms with E-state index in [2.05, 4.69) is 17.0 Å². The predicted octanol–water partition coefficient (Wildman–Crippen LogP) is 2.35. The molecule has 146 valence electrons. The molecular formula is C21H30N4O2. The Hall–Kier alpha value is -2.39. The van der Waals surface area contributed by atoms with Crippen LogP contribution in [0, 0.1) is 31.1 Å². The van der Waals surface area contributed by atoms with Crippen molar-refractivity contribution in [2.24, 2.45) is 5.92 Å². The number of nitrogens with zero attached hydrogens (tertiary/aromatic N) is 4. The van der Waals surface area contributed by atoms with Gasteiger partial charge >= 0.3 is 0 Å². The Bertz CT molecular complexity index is 695. The first kappa shape index (κ1) is 20.9. The van der Waals surface area contributed by atoms with E-state index in [1.54, 1.807) is 4.90 Å². The lowest BCUT2D eigenvalue weighted by molar-refractivity contribution is -0.136. The highest BCUT2D eigenvalue weighted by molar-refractivity contribution is 5.95. The first-order valence-electron chi connectivity index (χ1n) is 9.58. The van der Waals surface area contributed by atoms with E-state index in [1.807, 2.05) is 44.7 Å². The van der Waals surface area contributed by atoms with E-state index >= 15 is 0 Å². The number of carbonyl (C=O) groups is 2. The lowest BCUT2D eigenvalue weighted by Gasteiger charge is -2.36. The van der Waals surface area contributed by atoms with Crippen molar-refractivity contribution in [2.45, 2.75) is 34.1 Å². The molecule has 1 aromatic rings. The molecule has 0 unspecified atom stereocenters. The van der Waals surface area contributed by atoms with Gasteiger partial charge in [-0.05, 0) is 37.1 Å². The third-order valence-corrected chi connectivity index (χ3v) is 4.80. The number of benzene rings is 1. The third kappa shape index (κ3) is 5.80. The van der Waals surface area contributed by atoms with E-state index in [-0.39, 0.29) is 17.7 Å². The Morgan fingerprint density at radius 1 is 1.11 bits per heavy atom. The van der Waals surface area contributed by atoms with E-state index in [0.29, 0.717) is 45.7 Å². The summed E-state index contributed by atoms with van der Waals surface area (Å²) in [6.07, 6.45) is 0.301. The van der Waals surface area contributed by atoms with Crippen molar-refractivity contribution in [3.63, 3.8) is 0 Å². The fourth-order valence-electron chi connectivity index (χ4n) is 3.43. The summed E-state index contributed by atoms with van der Waals surface area (Å²) >= 11 is 0. The quantitative estimate of drug-likeness (QED) is 0.771. The van der Waals surface area contributed by atoms with Crippen molar-refractivity contribution < 1.29 is 9.59 Å². The van der Waals surface area contributed by atoms with Crippen molar-refractivity contribution in [1.82, 2.24) is 9.80 Å². The van der Waals surface area contributed by atoms with Crippen LogP contribution in [0.1, 0.15) is 31.4 Å². The summed E-state index contributed by atoms with van der Waals surface area (Å²) in [5.41, 5.74) is 3.04. The first-order valence-corrected chi connectivity index (χ1v) is 9.58. The second-order valence-electron chi connectivity index (χ2n) is 7.56. The number of nitriles is 1. The zero-order valence-corrected chi connectivity index (χ0v) is 16.9. The Morgan fingerprint density at radius 2 is 1.70 bits per heavy atom. The molecule has 1 aliphatic rings. The van der Waals surface area contributed by atoms with Crippen LogP contribution in [-0.2, 0) is 9.59 Å². The zero-order valence-electron chi connectivity index (χ0n) is 16.9. The normalized spacial score (nSPS) is 14.9. The fourth-order valence-corrected chi connectivity index (χ4v) is 3.43. The lowest BCUT2D eigenvalue weighted by Crippen LogP contribution is -2.52. The van der Waals surface area contributed by atoms with Gasteiger partial charge in [0.05, 0.1) is 19.0 Å². The fraction of sp³-hybridized carbons (Fsp3) is 0.571. The lowest BCUT2D eigenvalue weighted by atomic mass is 10.1. The molecule has 1 fully saturated rings. The summed E-state index contributed by atoms with van der Waals surface area (Å²) in [7, 11) is 0. The van der Waals surface area contributed by atoms with E-state index in [4.69, 9.17) is 5.26 Å². The maximum absolute atomic E-state index is 13.0. The topological polar surface area (TPSA) is 67.7 Å². The first-order chi connectivity index (χ1) is 12.8. The maximum Gasteiger partial charge on any atom is 0.241 e. The van der Waals surface area contributed by atoms with Gasteiger partial charge in [0.25, 0.3) is 0 Å². The summed E-state index contributed by atoms with van der Waals surface area (Å²) in [5, 5.41) is 8.96. The minimum absolute atomic E-state index is 0.00103. The minimum atomic E-state index is -0.00103. The predicted molar refractivity (Wildman–Crippen MR) is 106 cm³/mol. The number of anilines is 1. The molecule has 0 atom stereocenters. The molecule has 0 saturated carbocycles. The molecule has 1 aliphatic heterocycles. The number of hydrogen-bond acceptors (Lipinski definition) is 4. The van der Waals surface area contributed by atoms with Gasteiger partial charge in [0.15, 0.2) is 0 Å². The van der Waals surface area contributed by atoms with Gasteiger partial charge in [-0.1, -0.05) is 19.9 Å². The number of piperazine rings is 1. The molecule has 2 rings (SSSR count). The Kier molecular flexibility index (Phi) is 7.37. The van der Waals surface area contributed by atoms with Crippen LogP contribution in [-0.4, -0.2) is 60.9 Å². The third-order valence-electron chi connectivity index (χ3n) is 4.80. The highest BCUT2D eigenvalue weighted by Gasteiger charge is 2.25. The maximum atomic E-state index is 13.0. The number of rotatable bonds is 6. The Balaban J connectivity index is 2.02. The van der Waals surface area contributed by atoms with Gasteiger partial charge < -0.3 is 9.80 Å². The summed E-state index contributed by atoms with van der Waals surface area (Å²) < 4.78 is 0. The average molecular weight is 370 g/mol. The molecule has 0 aliphatic carbocycles. The molecule has 6 heteroatoms. The van der Waals surface area contributed by atoms with Crippen LogP contribution in [0.5, 0.6) is 0 Å². The Labute approximate surface area is 162 Å². The molecule has 1 heterocycles. The number of amides is 2. The largest absolute Gasteiger partial charge is 0.340 e. The molecule has 27 heavy (non-hydrogen) atoms. The molecule has 0 spiro atoms. The van der Waals surface area contributed by atoms with Gasteiger partial charge in [0, 0.05) is 44.3 Å². The van der Waals surface area contributed by atoms with Crippen LogP contribution in [0.3, 0.4) is 0 Å². The van der Waals surface area contributed by atoms with E-state index in [9.17, 15) is 9.59 Å². The molecule has 6 nitrogen and oxygen atoms in total. The highest BCUT2D eigenvalue weighted by atomic mass is 16.2. The molecule has 0 aromatic heterocycles. The van der Waals surface area contributed by atoms with E-state index in [1.165, 1.54) is 0 Å². The summed E-state index contributed by atoms with van der Waals surface area (Å²) in [5.74, 6) is 0.176. The van der Waals surface area contributed by atoms with Crippen LogP contribution in [0.15, 0.2) is 18.2 Å². The summed E-state index contributed by atoms with van der Waals surface area (Å²) in [4.78, 5) is 30.7. The number of aryl methyl sites for hydroxylation is 2. The molecule has 0 bridgehead atoms. The van der Waals surface area contributed by atoms with Gasteiger partial charge in [-0.3, -0.25) is 14.5 Å². The standard InChI is InChI=1S/C21H30N4O2/c1-16(2)21(27)24-10-8-23(9-11-24)15-20(26)25(7-5-6-22)19-13-17(3)12-18(4)14-19/h12-14,16H,5,7-11,15H2,1-4H3. The van der Waals surface area contributed by atoms with E-state index in [0.717, 1.165) is 16.8 Å². The van der Waals surface area contributed by atoms with Crippen molar-refractivity contribution in [2.75, 3.05) is 44.2 Å². The average Bonchev–Trinajstić information content (AvgIpc) is 2.61. The Morgan fingerprint density at radius 3 is 2.22 bits per heavy atom. The molecule has 1 saturated heterocycles. The SMILES string of the molecule is Cc1cc(C)cc(N(CCC#N)C(=O)CN2CCN(C(=O)C(C)C)CC2)c1. The molecule has 2 amide bonds. The van der Waals surface area contributed by atoms with Crippen molar-refractivity contribution in [3.8, 4) is 6.07 Å². The summed E-state index contributed by atoms with van der Waals surface area (Å²) in [6, 6.07) is 8.18. The van der Waals surface area contributed by atoms with Crippen molar-refractivity contribution in [1.29, 1.82) is 5.26 Å².